The minimum atomic E-state index is -4.17. The second-order valence-electron chi connectivity index (χ2n) is 1.88. The summed E-state index contributed by atoms with van der Waals surface area (Å²) >= 11 is 0. The molecule has 0 unspecified atom stereocenters. The first-order valence-corrected chi connectivity index (χ1v) is 4.19. The van der Waals surface area contributed by atoms with Gasteiger partial charge in [0.15, 0.2) is 0 Å². The molecule has 0 saturated carbocycles. The minimum Gasteiger partial charge on any atom is -0.286 e. The van der Waals surface area contributed by atoms with Crippen molar-refractivity contribution in [2.45, 2.75) is 0 Å². The van der Waals surface area contributed by atoms with Crippen molar-refractivity contribution in [2.75, 3.05) is 5.75 Å². The summed E-state index contributed by atoms with van der Waals surface area (Å²) in [4.78, 5) is 10.6. The van der Waals surface area contributed by atoms with Gasteiger partial charge in [-0.2, -0.15) is 18.6 Å². The van der Waals surface area contributed by atoms with Crippen molar-refractivity contribution in [1.82, 2.24) is 0 Å². The Bertz CT molecular complexity index is 339. The Morgan fingerprint density at radius 1 is 1.55 bits per heavy atom. The summed E-state index contributed by atoms with van der Waals surface area (Å²) in [7, 11) is -4.17. The number of rotatable bonds is 2. The van der Waals surface area contributed by atoms with Crippen LogP contribution in [0.4, 0.5) is 0 Å². The molecule has 0 radical (unpaired) electrons. The molecule has 0 spiro atoms. The van der Waals surface area contributed by atoms with E-state index in [1.54, 1.807) is 0 Å². The fourth-order valence-electron chi connectivity index (χ4n) is 0.548. The summed E-state index contributed by atoms with van der Waals surface area (Å²) in [6, 6.07) is 0. The van der Waals surface area contributed by atoms with Crippen LogP contribution in [0.15, 0.2) is 10.2 Å². The Morgan fingerprint density at radius 2 is 2.18 bits per heavy atom. The molecule has 0 aromatic carbocycles. The molecule has 0 aromatic rings. The third-order valence-corrected chi connectivity index (χ3v) is 1.60. The number of nitrogens with zero attached hydrogens (tertiary/aromatic N) is 2. The first kappa shape index (κ1) is 8.02. The van der Waals surface area contributed by atoms with E-state index in [1.165, 1.54) is 0 Å². The highest BCUT2D eigenvalue weighted by Crippen LogP contribution is 1.94. The maximum Gasteiger partial charge on any atom is 0.270 e. The number of hydrogen-bond donors (Lipinski definition) is 1. The standard InChI is InChI=1S/C4H4N2O4S/c7-4-1-5-6-3(4)2-11(8,9)10/h1H,2H2,(H,8,9,10). The normalized spacial score (nSPS) is 17.2. The molecule has 1 aliphatic heterocycles. The van der Waals surface area contributed by atoms with Gasteiger partial charge in [0.1, 0.15) is 11.5 Å². The Morgan fingerprint density at radius 3 is 2.55 bits per heavy atom. The zero-order chi connectivity index (χ0) is 8.48. The molecule has 7 heteroatoms. The summed E-state index contributed by atoms with van der Waals surface area (Å²) < 4.78 is 28.7. The third kappa shape index (κ3) is 2.20. The van der Waals surface area contributed by atoms with Gasteiger partial charge in [-0.15, -0.1) is 0 Å². The SMILES string of the molecule is O=C1C=NN=C1CS(=O)(=O)O. The largest absolute Gasteiger partial charge is 0.286 e. The van der Waals surface area contributed by atoms with Crippen molar-refractivity contribution in [2.24, 2.45) is 10.2 Å². The fourth-order valence-corrected chi connectivity index (χ4v) is 1.09. The molecule has 0 bridgehead atoms. The number of carbonyl (C=O) groups excluding carboxylic acids is 1. The Hall–Kier alpha value is -1.08. The third-order valence-electron chi connectivity index (χ3n) is 0.957. The van der Waals surface area contributed by atoms with Gasteiger partial charge in [-0.3, -0.25) is 9.35 Å². The first-order valence-electron chi connectivity index (χ1n) is 2.58. The maximum absolute atomic E-state index is 10.6. The van der Waals surface area contributed by atoms with E-state index in [9.17, 15) is 13.2 Å². The van der Waals surface area contributed by atoms with Gasteiger partial charge in [-0.25, -0.2) is 0 Å². The summed E-state index contributed by atoms with van der Waals surface area (Å²) in [6.45, 7) is 0. The van der Waals surface area contributed by atoms with Crippen molar-refractivity contribution in [3.63, 3.8) is 0 Å². The lowest BCUT2D eigenvalue weighted by Gasteiger charge is -1.91. The van der Waals surface area contributed by atoms with Crippen LogP contribution in [-0.4, -0.2) is 36.4 Å². The zero-order valence-corrected chi connectivity index (χ0v) is 6.08. The van der Waals surface area contributed by atoms with Crippen LogP contribution in [0.25, 0.3) is 0 Å². The number of Topliss-reactive ketones (excluding diaryl/α,β-unsaturated/α-hetero) is 1. The molecule has 11 heavy (non-hydrogen) atoms. The molecule has 6 nitrogen and oxygen atoms in total. The Labute approximate surface area is 62.4 Å². The van der Waals surface area contributed by atoms with Crippen LogP contribution >= 0.6 is 0 Å². The number of ketones is 1. The summed E-state index contributed by atoms with van der Waals surface area (Å²) in [5.74, 6) is -1.35. The van der Waals surface area contributed by atoms with Crippen molar-refractivity contribution in [3.8, 4) is 0 Å². The second-order valence-corrected chi connectivity index (χ2v) is 3.33. The van der Waals surface area contributed by atoms with Crippen molar-refractivity contribution < 1.29 is 17.8 Å². The van der Waals surface area contributed by atoms with E-state index in [0.29, 0.717) is 0 Å². The highest BCUT2D eigenvalue weighted by Gasteiger charge is 2.19. The van der Waals surface area contributed by atoms with Crippen LogP contribution in [0.1, 0.15) is 0 Å². The van der Waals surface area contributed by atoms with Crippen LogP contribution in [-0.2, 0) is 14.9 Å². The van der Waals surface area contributed by atoms with Gasteiger partial charge in [0.05, 0.1) is 6.21 Å². The maximum atomic E-state index is 10.6. The molecule has 0 aromatic heterocycles. The first-order chi connectivity index (χ1) is 4.99. The van der Waals surface area contributed by atoms with E-state index in [4.69, 9.17) is 4.55 Å². The van der Waals surface area contributed by atoms with E-state index >= 15 is 0 Å². The molecule has 0 fully saturated rings. The van der Waals surface area contributed by atoms with Gasteiger partial charge in [0, 0.05) is 0 Å². The van der Waals surface area contributed by atoms with Gasteiger partial charge in [-0.05, 0) is 0 Å². The zero-order valence-electron chi connectivity index (χ0n) is 5.26. The van der Waals surface area contributed by atoms with Crippen molar-refractivity contribution in [1.29, 1.82) is 0 Å². The molecule has 0 amide bonds. The average molecular weight is 176 g/mol. The predicted molar refractivity (Wildman–Crippen MR) is 37.3 cm³/mol. The Kier molecular flexibility index (Phi) is 1.83. The van der Waals surface area contributed by atoms with Gasteiger partial charge >= 0.3 is 0 Å². The minimum absolute atomic E-state index is 0.257. The fraction of sp³-hybridized carbons (Fsp3) is 0.250. The van der Waals surface area contributed by atoms with Gasteiger partial charge in [-0.1, -0.05) is 0 Å². The molecule has 1 heterocycles. The second kappa shape index (κ2) is 2.51. The Balaban J connectivity index is 2.75. The predicted octanol–water partition coefficient (Wildman–Crippen LogP) is -1.12. The highest BCUT2D eigenvalue weighted by molar-refractivity contribution is 7.86. The van der Waals surface area contributed by atoms with Crippen molar-refractivity contribution >= 4 is 27.8 Å². The van der Waals surface area contributed by atoms with Gasteiger partial charge in [0.2, 0.25) is 5.78 Å². The van der Waals surface area contributed by atoms with Crippen LogP contribution in [0.5, 0.6) is 0 Å². The van der Waals surface area contributed by atoms with Crippen LogP contribution in [0, 0.1) is 0 Å². The molecular formula is C4H4N2O4S. The summed E-state index contributed by atoms with van der Waals surface area (Å²) in [6.07, 6.45) is 0.889. The number of carbonyl (C=O) groups is 1. The van der Waals surface area contributed by atoms with E-state index in [1.807, 2.05) is 0 Å². The van der Waals surface area contributed by atoms with Crippen LogP contribution in [0.3, 0.4) is 0 Å². The lowest BCUT2D eigenvalue weighted by molar-refractivity contribution is -0.106. The lowest BCUT2D eigenvalue weighted by Crippen LogP contribution is -2.21. The van der Waals surface area contributed by atoms with Gasteiger partial charge in [0.25, 0.3) is 10.1 Å². The quantitative estimate of drug-likeness (QED) is 0.539. The molecule has 60 valence electrons. The lowest BCUT2D eigenvalue weighted by atomic mass is 10.3. The monoisotopic (exact) mass is 176 g/mol. The van der Waals surface area contributed by atoms with Crippen LogP contribution in [0.2, 0.25) is 0 Å². The molecule has 0 atom stereocenters. The smallest absolute Gasteiger partial charge is 0.270 e. The van der Waals surface area contributed by atoms with Gasteiger partial charge < -0.3 is 0 Å². The van der Waals surface area contributed by atoms with E-state index in [0.717, 1.165) is 6.21 Å². The van der Waals surface area contributed by atoms with Crippen LogP contribution < -0.4 is 0 Å². The van der Waals surface area contributed by atoms with E-state index in [-0.39, 0.29) is 5.71 Å². The van der Waals surface area contributed by atoms with Crippen molar-refractivity contribution in [3.05, 3.63) is 0 Å². The summed E-state index contributed by atoms with van der Waals surface area (Å²) in [5, 5.41) is 6.37. The molecule has 1 N–H and O–H groups in total. The van der Waals surface area contributed by atoms with E-state index in [2.05, 4.69) is 10.2 Å². The average Bonchev–Trinajstić information content (AvgIpc) is 2.12. The molecule has 0 saturated heterocycles. The highest BCUT2D eigenvalue weighted by atomic mass is 32.2. The molecule has 1 rings (SSSR count). The topological polar surface area (TPSA) is 96.2 Å². The molecule has 0 aliphatic carbocycles. The summed E-state index contributed by atoms with van der Waals surface area (Å²) in [5.41, 5.74) is -0.257. The molecule has 1 aliphatic rings. The number of hydrogen-bond acceptors (Lipinski definition) is 5. The molecular weight excluding hydrogens is 172 g/mol. The van der Waals surface area contributed by atoms with E-state index < -0.39 is 21.7 Å².